The maximum absolute atomic E-state index is 11.6. The van der Waals surface area contributed by atoms with Crippen molar-refractivity contribution in [2.45, 2.75) is 45.4 Å². The molecule has 1 aliphatic heterocycles. The van der Waals surface area contributed by atoms with E-state index in [1.807, 2.05) is 0 Å². The molecule has 2 atom stereocenters. The Morgan fingerprint density at radius 1 is 1.18 bits per heavy atom. The summed E-state index contributed by atoms with van der Waals surface area (Å²) in [5.74, 6) is 1.45. The number of hydrogen-bond donors (Lipinski definition) is 0. The maximum Gasteiger partial charge on any atom is 0.138 e. The fourth-order valence-electron chi connectivity index (χ4n) is 3.07. The van der Waals surface area contributed by atoms with E-state index in [1.165, 1.54) is 0 Å². The average Bonchev–Trinajstić information content (AvgIpc) is 2.74. The molecule has 1 saturated carbocycles. The van der Waals surface area contributed by atoms with Gasteiger partial charge in [-0.1, -0.05) is 6.92 Å². The maximum atomic E-state index is 11.6. The Kier molecular flexibility index (Phi) is 4.32. The average molecular weight is 237 g/mol. The van der Waals surface area contributed by atoms with Crippen molar-refractivity contribution in [3.05, 3.63) is 0 Å². The van der Waals surface area contributed by atoms with Crippen LogP contribution in [-0.2, 0) is 9.59 Å². The van der Waals surface area contributed by atoms with Crippen LogP contribution in [0, 0.1) is 11.8 Å². The molecule has 2 unspecified atom stereocenters. The van der Waals surface area contributed by atoms with Gasteiger partial charge in [0.15, 0.2) is 0 Å². The molecular formula is C14H23NO2. The van der Waals surface area contributed by atoms with Gasteiger partial charge in [-0.25, -0.2) is 0 Å². The minimum Gasteiger partial charge on any atom is -0.302 e. The van der Waals surface area contributed by atoms with Gasteiger partial charge in [0.25, 0.3) is 0 Å². The van der Waals surface area contributed by atoms with Crippen LogP contribution >= 0.6 is 0 Å². The Morgan fingerprint density at radius 3 is 2.59 bits per heavy atom. The second-order valence-electron chi connectivity index (χ2n) is 5.47. The number of piperidine rings is 1. The lowest BCUT2D eigenvalue weighted by atomic mass is 9.93. The van der Waals surface area contributed by atoms with E-state index in [0.29, 0.717) is 23.9 Å². The molecule has 96 valence electrons. The van der Waals surface area contributed by atoms with E-state index in [4.69, 9.17) is 0 Å². The van der Waals surface area contributed by atoms with Crippen LogP contribution in [0.15, 0.2) is 0 Å². The second-order valence-corrected chi connectivity index (χ2v) is 5.47. The van der Waals surface area contributed by atoms with Crippen LogP contribution in [0.3, 0.4) is 0 Å². The third-order valence-electron chi connectivity index (χ3n) is 4.33. The number of rotatable bonds is 4. The molecule has 1 saturated heterocycles. The molecule has 3 heteroatoms. The predicted octanol–water partition coefficient (Wildman–Crippen LogP) is 2.05. The zero-order valence-electron chi connectivity index (χ0n) is 10.8. The highest BCUT2D eigenvalue weighted by molar-refractivity contribution is 5.83. The fraction of sp³-hybridized carbons (Fsp3) is 0.857. The number of Topliss-reactive ketones (excluding diaryl/α,β-unsaturated/α-hetero) is 2. The fourth-order valence-corrected chi connectivity index (χ4v) is 3.07. The summed E-state index contributed by atoms with van der Waals surface area (Å²) >= 11 is 0. The zero-order valence-corrected chi connectivity index (χ0v) is 10.8. The van der Waals surface area contributed by atoms with E-state index in [9.17, 15) is 9.59 Å². The van der Waals surface area contributed by atoms with Crippen LogP contribution in [0.5, 0.6) is 0 Å². The normalized spacial score (nSPS) is 31.1. The first kappa shape index (κ1) is 12.7. The summed E-state index contributed by atoms with van der Waals surface area (Å²) in [7, 11) is 0. The number of hydrogen-bond acceptors (Lipinski definition) is 3. The monoisotopic (exact) mass is 237 g/mol. The summed E-state index contributed by atoms with van der Waals surface area (Å²) in [6, 6.07) is 0. The summed E-state index contributed by atoms with van der Waals surface area (Å²) in [5.41, 5.74) is 0. The van der Waals surface area contributed by atoms with Gasteiger partial charge in [0.2, 0.25) is 0 Å². The van der Waals surface area contributed by atoms with E-state index in [-0.39, 0.29) is 5.92 Å². The highest BCUT2D eigenvalue weighted by atomic mass is 16.1. The lowest BCUT2D eigenvalue weighted by Crippen LogP contribution is -2.41. The van der Waals surface area contributed by atoms with Crippen LogP contribution in [0.2, 0.25) is 0 Å². The van der Waals surface area contributed by atoms with Crippen molar-refractivity contribution in [2.24, 2.45) is 11.8 Å². The van der Waals surface area contributed by atoms with Gasteiger partial charge < -0.3 is 4.90 Å². The molecule has 2 fully saturated rings. The predicted molar refractivity (Wildman–Crippen MR) is 66.8 cm³/mol. The first-order valence-corrected chi connectivity index (χ1v) is 6.98. The molecule has 1 heterocycles. The third kappa shape index (κ3) is 3.15. The summed E-state index contributed by atoms with van der Waals surface area (Å²) in [6.07, 6.45) is 5.63. The number of nitrogens with zero attached hydrogens (tertiary/aromatic N) is 1. The summed E-state index contributed by atoms with van der Waals surface area (Å²) in [5, 5.41) is 0. The van der Waals surface area contributed by atoms with E-state index >= 15 is 0 Å². The lowest BCUT2D eigenvalue weighted by molar-refractivity contribution is -0.127. The largest absolute Gasteiger partial charge is 0.302 e. The van der Waals surface area contributed by atoms with Crippen molar-refractivity contribution in [1.82, 2.24) is 4.90 Å². The quantitative estimate of drug-likeness (QED) is 0.751. The lowest BCUT2D eigenvalue weighted by Gasteiger charge is -2.31. The molecule has 0 spiro atoms. The van der Waals surface area contributed by atoms with Gasteiger partial charge in [0.1, 0.15) is 11.6 Å². The second kappa shape index (κ2) is 5.76. The van der Waals surface area contributed by atoms with Gasteiger partial charge in [-0.05, 0) is 32.2 Å². The molecule has 17 heavy (non-hydrogen) atoms. The Balaban J connectivity index is 1.76. The summed E-state index contributed by atoms with van der Waals surface area (Å²) in [4.78, 5) is 25.5. The Bertz CT molecular complexity index is 301. The summed E-state index contributed by atoms with van der Waals surface area (Å²) < 4.78 is 0. The highest BCUT2D eigenvalue weighted by Gasteiger charge is 2.28. The molecule has 2 rings (SSSR count). The van der Waals surface area contributed by atoms with Gasteiger partial charge in [0, 0.05) is 37.8 Å². The third-order valence-corrected chi connectivity index (χ3v) is 4.33. The van der Waals surface area contributed by atoms with Gasteiger partial charge in [-0.15, -0.1) is 0 Å². The highest BCUT2D eigenvalue weighted by Crippen LogP contribution is 2.25. The number of carbonyl (C=O) groups is 2. The first-order valence-electron chi connectivity index (χ1n) is 6.98. The molecular weight excluding hydrogens is 214 g/mol. The van der Waals surface area contributed by atoms with Crippen molar-refractivity contribution < 1.29 is 9.59 Å². The molecule has 0 aromatic carbocycles. The molecule has 0 aromatic heterocycles. The topological polar surface area (TPSA) is 37.4 Å². The van der Waals surface area contributed by atoms with Crippen molar-refractivity contribution in [2.75, 3.05) is 19.6 Å². The van der Waals surface area contributed by atoms with Gasteiger partial charge in [-0.2, -0.15) is 0 Å². The number of carbonyl (C=O) groups excluding carboxylic acids is 2. The van der Waals surface area contributed by atoms with E-state index in [2.05, 4.69) is 11.8 Å². The van der Waals surface area contributed by atoms with Crippen molar-refractivity contribution in [3.8, 4) is 0 Å². The Hall–Kier alpha value is -0.700. The minimum atomic E-state index is 0.239. The van der Waals surface area contributed by atoms with Crippen molar-refractivity contribution in [1.29, 1.82) is 0 Å². The molecule has 3 nitrogen and oxygen atoms in total. The van der Waals surface area contributed by atoms with Crippen LogP contribution in [0.25, 0.3) is 0 Å². The van der Waals surface area contributed by atoms with Crippen LogP contribution < -0.4 is 0 Å². The Labute approximate surface area is 104 Å². The first-order chi connectivity index (χ1) is 8.20. The number of ketones is 2. The minimum absolute atomic E-state index is 0.239. The summed E-state index contributed by atoms with van der Waals surface area (Å²) in [6.45, 7) is 4.90. The Morgan fingerprint density at radius 2 is 1.94 bits per heavy atom. The molecule has 0 aromatic rings. The van der Waals surface area contributed by atoms with E-state index < -0.39 is 0 Å². The smallest absolute Gasteiger partial charge is 0.138 e. The van der Waals surface area contributed by atoms with Gasteiger partial charge in [-0.3, -0.25) is 9.59 Å². The number of likely N-dealkylation sites (tertiary alicyclic amines) is 1. The molecule has 0 N–H and O–H groups in total. The molecule has 2 aliphatic rings. The SMILES string of the molecule is CCC1CN(CCC2CCCC2=O)CCC1=O. The van der Waals surface area contributed by atoms with Gasteiger partial charge >= 0.3 is 0 Å². The van der Waals surface area contributed by atoms with Crippen molar-refractivity contribution >= 4 is 11.6 Å². The van der Waals surface area contributed by atoms with Crippen LogP contribution in [0.4, 0.5) is 0 Å². The van der Waals surface area contributed by atoms with Crippen LogP contribution in [-0.4, -0.2) is 36.1 Å². The molecule has 1 aliphatic carbocycles. The van der Waals surface area contributed by atoms with E-state index in [1.54, 1.807) is 0 Å². The van der Waals surface area contributed by atoms with E-state index in [0.717, 1.165) is 51.7 Å². The molecule has 0 bridgehead atoms. The molecule has 0 amide bonds. The van der Waals surface area contributed by atoms with Crippen molar-refractivity contribution in [3.63, 3.8) is 0 Å². The van der Waals surface area contributed by atoms with Crippen LogP contribution in [0.1, 0.15) is 45.4 Å². The molecule has 0 radical (unpaired) electrons. The standard InChI is InChI=1S/C14H23NO2/c1-2-11-10-15(9-7-14(11)17)8-6-12-4-3-5-13(12)16/h11-12H,2-10H2,1H3. The van der Waals surface area contributed by atoms with Gasteiger partial charge in [0.05, 0.1) is 0 Å². The zero-order chi connectivity index (χ0) is 12.3.